The molecule has 0 saturated carbocycles. The van der Waals surface area contributed by atoms with Gasteiger partial charge >= 0.3 is 267 Å². The quantitative estimate of drug-likeness (QED) is 0.173. The van der Waals surface area contributed by atoms with Crippen LogP contribution in [0.3, 0.4) is 0 Å². The molecule has 206 valence electrons. The summed E-state index contributed by atoms with van der Waals surface area (Å²) in [6.45, 7) is 0. The molecule has 0 unspecified atom stereocenters. The number of hydrogen-bond donors (Lipinski definition) is 0. The second-order valence-corrected chi connectivity index (χ2v) is 15.0. The molecule has 0 aliphatic heterocycles. The topological polar surface area (TPSA) is 51.6 Å². The predicted molar refractivity (Wildman–Crippen MR) is 183 cm³/mol. The van der Waals surface area contributed by atoms with Crippen LogP contribution >= 0.6 is 0 Å². The molecule has 0 saturated heterocycles. The molecule has 44 heavy (non-hydrogen) atoms. The number of fused-ring (bicyclic) bond motifs is 6. The first-order valence-corrected chi connectivity index (χ1v) is 17.8. The summed E-state index contributed by atoms with van der Waals surface area (Å²) in [5.74, 6) is 2.06. The Morgan fingerprint density at radius 2 is 0.977 bits per heavy atom. The van der Waals surface area contributed by atoms with Gasteiger partial charge in [-0.25, -0.2) is 0 Å². The van der Waals surface area contributed by atoms with Crippen molar-refractivity contribution in [2.24, 2.45) is 0 Å². The van der Waals surface area contributed by atoms with Gasteiger partial charge in [0, 0.05) is 0 Å². The molecule has 0 fully saturated rings. The van der Waals surface area contributed by atoms with Crippen molar-refractivity contribution in [3.05, 3.63) is 133 Å². The number of nitrogens with zero attached hydrogens (tertiary/aromatic N) is 4. The van der Waals surface area contributed by atoms with Gasteiger partial charge in [0.2, 0.25) is 0 Å². The SMILES string of the molecule is c1ccc(-c2nc(-c3cc4nc(-c5ccccc5)[se]c4c4ccccc34)nc(-c3cccc4c3[se]c3ccccc34)n2)cc1. The zero-order chi connectivity index (χ0) is 29.0. The minimum atomic E-state index is 0.107. The van der Waals surface area contributed by atoms with Gasteiger partial charge in [-0.05, 0) is 0 Å². The van der Waals surface area contributed by atoms with Crippen LogP contribution < -0.4 is 0 Å². The van der Waals surface area contributed by atoms with Crippen LogP contribution in [0.25, 0.3) is 84.1 Å². The monoisotopic (exact) mass is 694 g/mol. The van der Waals surface area contributed by atoms with Gasteiger partial charge in [-0.2, -0.15) is 0 Å². The van der Waals surface area contributed by atoms with Crippen molar-refractivity contribution >= 4 is 68.8 Å². The molecular formula is C38H22N4Se2. The fraction of sp³-hybridized carbons (Fsp3) is 0. The predicted octanol–water partition coefficient (Wildman–Crippen LogP) is 8.66. The molecule has 9 aromatic rings. The number of rotatable bonds is 4. The van der Waals surface area contributed by atoms with Gasteiger partial charge in [-0.15, -0.1) is 0 Å². The zero-order valence-electron chi connectivity index (χ0n) is 23.3. The second-order valence-electron chi connectivity index (χ2n) is 10.7. The molecule has 6 aromatic carbocycles. The average molecular weight is 693 g/mol. The molecule has 0 atom stereocenters. The summed E-state index contributed by atoms with van der Waals surface area (Å²) in [4.78, 5) is 20.6. The van der Waals surface area contributed by atoms with E-state index >= 15 is 0 Å². The molecular weight excluding hydrogens is 670 g/mol. The average Bonchev–Trinajstić information content (AvgIpc) is 3.71. The molecule has 9 rings (SSSR count). The van der Waals surface area contributed by atoms with E-state index in [2.05, 4.69) is 115 Å². The Bertz CT molecular complexity index is 2500. The Morgan fingerprint density at radius 1 is 0.386 bits per heavy atom. The summed E-state index contributed by atoms with van der Waals surface area (Å²) in [6.07, 6.45) is 0. The molecule has 3 aromatic heterocycles. The maximum absolute atomic E-state index is 5.24. The molecule has 3 heterocycles. The van der Waals surface area contributed by atoms with Gasteiger partial charge in [0.15, 0.2) is 0 Å². The van der Waals surface area contributed by atoms with Crippen LogP contribution in [0.1, 0.15) is 0 Å². The third-order valence-corrected chi connectivity index (χ3v) is 13.0. The van der Waals surface area contributed by atoms with Crippen LogP contribution in [0.2, 0.25) is 0 Å². The molecule has 0 bridgehead atoms. The van der Waals surface area contributed by atoms with E-state index in [1.807, 2.05) is 18.2 Å². The van der Waals surface area contributed by atoms with Gasteiger partial charge in [0.05, 0.1) is 0 Å². The van der Waals surface area contributed by atoms with Gasteiger partial charge in [-0.3, -0.25) is 0 Å². The third kappa shape index (κ3) is 4.27. The summed E-state index contributed by atoms with van der Waals surface area (Å²) in [5, 5.41) is 4.97. The van der Waals surface area contributed by atoms with Crippen LogP contribution in [0.5, 0.6) is 0 Å². The third-order valence-electron chi connectivity index (χ3n) is 7.97. The summed E-state index contributed by atoms with van der Waals surface area (Å²) >= 11 is 0.281. The molecule has 6 heteroatoms. The Kier molecular flexibility index (Phi) is 6.14. The van der Waals surface area contributed by atoms with Crippen LogP contribution in [0.4, 0.5) is 0 Å². The van der Waals surface area contributed by atoms with Gasteiger partial charge in [0.25, 0.3) is 0 Å². The maximum atomic E-state index is 5.24. The standard InChI is InChI=1S/C38H22N4Se2/c1-3-12-23(13-4-1)35-40-36(29-20-11-19-28-26-17-9-10-21-32(26)43-33(28)29)42-37(41-35)30-22-31-34(27-18-8-7-16-25(27)30)44-38(39-31)24-14-5-2-6-15-24/h1-22H. The number of aromatic nitrogens is 4. The van der Waals surface area contributed by atoms with Crippen molar-refractivity contribution in [3.63, 3.8) is 0 Å². The Morgan fingerprint density at radius 3 is 1.77 bits per heavy atom. The molecule has 0 spiro atoms. The van der Waals surface area contributed by atoms with E-state index in [9.17, 15) is 0 Å². The zero-order valence-corrected chi connectivity index (χ0v) is 26.7. The first-order chi connectivity index (χ1) is 21.8. The molecule has 0 aliphatic carbocycles. The van der Waals surface area contributed by atoms with E-state index in [1.165, 1.54) is 34.5 Å². The van der Waals surface area contributed by atoms with E-state index < -0.39 is 0 Å². The van der Waals surface area contributed by atoms with E-state index in [0.717, 1.165) is 32.2 Å². The summed E-state index contributed by atoms with van der Waals surface area (Å²) in [6, 6.07) is 46.8. The second kappa shape index (κ2) is 10.5. The van der Waals surface area contributed by atoms with E-state index in [0.29, 0.717) is 17.5 Å². The van der Waals surface area contributed by atoms with E-state index in [1.54, 1.807) is 0 Å². The molecule has 0 N–H and O–H groups in total. The van der Waals surface area contributed by atoms with Gasteiger partial charge in [0.1, 0.15) is 0 Å². The fourth-order valence-electron chi connectivity index (χ4n) is 5.90. The van der Waals surface area contributed by atoms with Crippen molar-refractivity contribution in [1.82, 2.24) is 19.9 Å². The molecule has 0 aliphatic rings. The molecule has 0 amide bonds. The van der Waals surface area contributed by atoms with Crippen molar-refractivity contribution in [3.8, 4) is 44.3 Å². The minimum absolute atomic E-state index is 0.107. The normalized spacial score (nSPS) is 11.6. The summed E-state index contributed by atoms with van der Waals surface area (Å²) in [7, 11) is 0. The van der Waals surface area contributed by atoms with E-state index in [-0.39, 0.29) is 29.0 Å². The Hall–Kier alpha value is -4.70. The Balaban J connectivity index is 1.32. The van der Waals surface area contributed by atoms with Crippen molar-refractivity contribution in [2.75, 3.05) is 0 Å². The van der Waals surface area contributed by atoms with Crippen molar-refractivity contribution in [1.29, 1.82) is 0 Å². The summed E-state index contributed by atoms with van der Waals surface area (Å²) in [5.41, 5.74) is 5.23. The van der Waals surface area contributed by atoms with Gasteiger partial charge < -0.3 is 0 Å². The Labute approximate surface area is 265 Å². The number of hydrogen-bond acceptors (Lipinski definition) is 4. The van der Waals surface area contributed by atoms with Crippen LogP contribution in [0.15, 0.2) is 133 Å². The van der Waals surface area contributed by atoms with Crippen molar-refractivity contribution in [2.45, 2.75) is 0 Å². The van der Waals surface area contributed by atoms with Crippen LogP contribution in [0, 0.1) is 0 Å². The molecule has 0 radical (unpaired) electrons. The van der Waals surface area contributed by atoms with E-state index in [4.69, 9.17) is 19.9 Å². The van der Waals surface area contributed by atoms with Crippen LogP contribution in [-0.2, 0) is 0 Å². The fourth-order valence-corrected chi connectivity index (χ4v) is 10.7. The molecule has 4 nitrogen and oxygen atoms in total. The first kappa shape index (κ1) is 25.8. The van der Waals surface area contributed by atoms with Crippen molar-refractivity contribution < 1.29 is 0 Å². The van der Waals surface area contributed by atoms with Crippen LogP contribution in [-0.4, -0.2) is 48.9 Å². The summed E-state index contributed by atoms with van der Waals surface area (Å²) < 4.78 is 5.20. The number of benzene rings is 6. The first-order valence-electron chi connectivity index (χ1n) is 14.4. The van der Waals surface area contributed by atoms with Gasteiger partial charge in [-0.1, -0.05) is 0 Å².